The maximum absolute atomic E-state index is 10.7. The molecule has 1 aromatic carbocycles. The molecule has 0 saturated carbocycles. The van der Waals surface area contributed by atoms with Gasteiger partial charge in [-0.2, -0.15) is 0 Å². The molecule has 1 saturated heterocycles. The molecule has 0 unspecified atom stereocenters. The van der Waals surface area contributed by atoms with Crippen molar-refractivity contribution in [3.8, 4) is 0 Å². The number of carbonyl (C=O) groups excluding carboxylic acids is 2. The van der Waals surface area contributed by atoms with E-state index in [0.29, 0.717) is 19.4 Å². The van der Waals surface area contributed by atoms with Crippen LogP contribution >= 0.6 is 0 Å². The molecule has 0 spiro atoms. The fourth-order valence-electron chi connectivity index (χ4n) is 1.34. The summed E-state index contributed by atoms with van der Waals surface area (Å²) in [6, 6.07) is 7.79. The smallest absolute Gasteiger partial charge is 0.230 e. The summed E-state index contributed by atoms with van der Waals surface area (Å²) in [5.41, 5.74) is 7.51. The minimum Gasteiger partial charge on any atom is -0.399 e. The highest BCUT2D eigenvalue weighted by atomic mass is 16.2. The molecule has 4 nitrogen and oxygen atoms in total. The zero-order chi connectivity index (χ0) is 14.8. The van der Waals surface area contributed by atoms with Crippen LogP contribution in [0.15, 0.2) is 37.4 Å². The second-order valence-electron chi connectivity index (χ2n) is 3.95. The molecule has 0 radical (unpaired) electrons. The summed E-state index contributed by atoms with van der Waals surface area (Å²) in [5, 5.41) is 0. The third-order valence-electron chi connectivity index (χ3n) is 2.53. The minimum absolute atomic E-state index is 0.0261. The average molecular weight is 262 g/mol. The van der Waals surface area contributed by atoms with Crippen molar-refractivity contribution >= 4 is 17.5 Å². The highest BCUT2D eigenvalue weighted by Crippen LogP contribution is 2.09. The molecule has 2 N–H and O–H groups in total. The summed E-state index contributed by atoms with van der Waals surface area (Å²) in [6.07, 6.45) is 0.984. The number of rotatable bonds is 1. The lowest BCUT2D eigenvalue weighted by Crippen LogP contribution is -2.47. The van der Waals surface area contributed by atoms with Gasteiger partial charge < -0.3 is 5.73 Å². The molecule has 1 aromatic rings. The van der Waals surface area contributed by atoms with Crippen molar-refractivity contribution in [2.24, 2.45) is 0 Å². The first kappa shape index (κ1) is 16.9. The Morgan fingerprint density at radius 3 is 2.05 bits per heavy atom. The van der Waals surface area contributed by atoms with E-state index >= 15 is 0 Å². The fraction of sp³-hybridized carbons (Fsp3) is 0.333. The van der Waals surface area contributed by atoms with Crippen molar-refractivity contribution in [1.29, 1.82) is 0 Å². The van der Waals surface area contributed by atoms with E-state index in [-0.39, 0.29) is 11.8 Å². The third-order valence-corrected chi connectivity index (χ3v) is 2.53. The maximum Gasteiger partial charge on any atom is 0.230 e. The van der Waals surface area contributed by atoms with Crippen LogP contribution in [0.25, 0.3) is 0 Å². The Morgan fingerprint density at radius 2 is 1.84 bits per heavy atom. The summed E-state index contributed by atoms with van der Waals surface area (Å²) in [4.78, 5) is 22.5. The molecule has 104 valence electrons. The Hall–Kier alpha value is -2.10. The Bertz CT molecular complexity index is 392. The van der Waals surface area contributed by atoms with Crippen LogP contribution in [0.2, 0.25) is 0 Å². The molecule has 1 heterocycles. The molecule has 19 heavy (non-hydrogen) atoms. The van der Waals surface area contributed by atoms with Crippen molar-refractivity contribution in [3.63, 3.8) is 0 Å². The molecule has 0 atom stereocenters. The first-order chi connectivity index (χ1) is 9.04. The largest absolute Gasteiger partial charge is 0.399 e. The number of amides is 2. The summed E-state index contributed by atoms with van der Waals surface area (Å²) < 4.78 is 0. The number of hydrogen-bond donors (Lipinski definition) is 1. The van der Waals surface area contributed by atoms with Gasteiger partial charge in [-0.05, 0) is 19.1 Å². The van der Waals surface area contributed by atoms with Gasteiger partial charge in [-0.3, -0.25) is 14.5 Å². The number of nitrogens with zero attached hydrogens (tertiary/aromatic N) is 1. The summed E-state index contributed by atoms with van der Waals surface area (Å²) in [5.74, 6) is -0.0758. The summed E-state index contributed by atoms with van der Waals surface area (Å²) in [7, 11) is 0. The van der Waals surface area contributed by atoms with E-state index in [0.717, 1.165) is 5.69 Å². The van der Waals surface area contributed by atoms with Crippen LogP contribution in [0.5, 0.6) is 0 Å². The monoisotopic (exact) mass is 262 g/mol. The Morgan fingerprint density at radius 1 is 1.32 bits per heavy atom. The molecular formula is C15H22N2O2. The number of likely N-dealkylation sites (tertiary alicyclic amines) is 1. The molecule has 1 fully saturated rings. The summed E-state index contributed by atoms with van der Waals surface area (Å²) >= 11 is 0. The molecule has 4 heteroatoms. The van der Waals surface area contributed by atoms with Crippen LogP contribution in [-0.2, 0) is 9.59 Å². The van der Waals surface area contributed by atoms with Gasteiger partial charge in [-0.15, -0.1) is 13.2 Å². The van der Waals surface area contributed by atoms with Gasteiger partial charge in [0.05, 0.1) is 0 Å². The zero-order valence-corrected chi connectivity index (χ0v) is 11.7. The van der Waals surface area contributed by atoms with E-state index in [1.54, 1.807) is 6.92 Å². The van der Waals surface area contributed by atoms with Gasteiger partial charge in [0, 0.05) is 25.1 Å². The molecule has 0 aliphatic carbocycles. The van der Waals surface area contributed by atoms with Gasteiger partial charge in [-0.25, -0.2) is 0 Å². The van der Waals surface area contributed by atoms with Crippen LogP contribution < -0.4 is 5.73 Å². The first-order valence-corrected chi connectivity index (χ1v) is 6.20. The van der Waals surface area contributed by atoms with Gasteiger partial charge in [0.1, 0.15) is 0 Å². The molecule has 2 rings (SSSR count). The van der Waals surface area contributed by atoms with Crippen molar-refractivity contribution in [2.75, 3.05) is 12.3 Å². The van der Waals surface area contributed by atoms with Crippen LogP contribution in [0.3, 0.4) is 0 Å². The topological polar surface area (TPSA) is 63.4 Å². The van der Waals surface area contributed by atoms with Crippen LogP contribution in [0.1, 0.15) is 25.3 Å². The van der Waals surface area contributed by atoms with Gasteiger partial charge in [-0.1, -0.05) is 24.6 Å². The van der Waals surface area contributed by atoms with Crippen LogP contribution in [0.4, 0.5) is 5.69 Å². The lowest BCUT2D eigenvalue weighted by molar-refractivity contribution is -0.152. The van der Waals surface area contributed by atoms with Crippen molar-refractivity contribution in [1.82, 2.24) is 4.90 Å². The van der Waals surface area contributed by atoms with Crippen LogP contribution in [0, 0.1) is 6.92 Å². The number of nitrogens with two attached hydrogens (primary N) is 1. The third kappa shape index (κ3) is 5.86. The van der Waals surface area contributed by atoms with E-state index in [2.05, 4.69) is 13.2 Å². The number of anilines is 1. The highest BCUT2D eigenvalue weighted by molar-refractivity contribution is 5.99. The number of aryl methyl sites for hydroxylation is 1. The van der Waals surface area contributed by atoms with E-state index in [9.17, 15) is 9.59 Å². The number of nitrogen functional groups attached to an aromatic ring is 1. The number of imide groups is 1. The van der Waals surface area contributed by atoms with Crippen LogP contribution in [-0.4, -0.2) is 23.3 Å². The lowest BCUT2D eigenvalue weighted by Gasteiger charge is -2.27. The minimum atomic E-state index is -0.0498. The second kappa shape index (κ2) is 8.91. The molecule has 0 bridgehead atoms. The van der Waals surface area contributed by atoms with E-state index < -0.39 is 0 Å². The fourth-order valence-corrected chi connectivity index (χ4v) is 1.34. The van der Waals surface area contributed by atoms with E-state index in [4.69, 9.17) is 5.73 Å². The van der Waals surface area contributed by atoms with Gasteiger partial charge >= 0.3 is 0 Å². The number of benzene rings is 1. The number of carbonyl (C=O) groups is 2. The standard InChI is InChI=1S/C7H9N.C6H9NO2.C2H4/c1-6-2-4-7(8)5-3-6;1-2-5(8)7-4-3-6(7)9;1-2/h2-5H,8H2,1H3;2-4H2,1H3;1-2H2. The van der Waals surface area contributed by atoms with Crippen molar-refractivity contribution in [3.05, 3.63) is 43.0 Å². The quantitative estimate of drug-likeness (QED) is 0.480. The summed E-state index contributed by atoms with van der Waals surface area (Å²) in [6.45, 7) is 10.4. The van der Waals surface area contributed by atoms with E-state index in [1.807, 2.05) is 31.2 Å². The van der Waals surface area contributed by atoms with E-state index in [1.165, 1.54) is 10.5 Å². The highest BCUT2D eigenvalue weighted by Gasteiger charge is 2.28. The second-order valence-corrected chi connectivity index (χ2v) is 3.95. The maximum atomic E-state index is 10.7. The van der Waals surface area contributed by atoms with Gasteiger partial charge in [0.25, 0.3) is 0 Å². The normalized spacial score (nSPS) is 12.3. The number of β-lactam (4-membered cyclic amide) rings is 1. The van der Waals surface area contributed by atoms with Crippen molar-refractivity contribution in [2.45, 2.75) is 26.7 Å². The van der Waals surface area contributed by atoms with Crippen molar-refractivity contribution < 1.29 is 9.59 Å². The molecule has 1 aliphatic heterocycles. The van der Waals surface area contributed by atoms with Gasteiger partial charge in [0.15, 0.2) is 0 Å². The predicted molar refractivity (Wildman–Crippen MR) is 78.5 cm³/mol. The number of hydrogen-bond acceptors (Lipinski definition) is 3. The molecule has 2 amide bonds. The Labute approximate surface area is 114 Å². The predicted octanol–water partition coefficient (Wildman–Crippen LogP) is 2.53. The zero-order valence-electron chi connectivity index (χ0n) is 11.7. The Kier molecular flexibility index (Phi) is 7.93. The SMILES string of the molecule is C=C.CCC(=O)N1CCC1=O.Cc1ccc(N)cc1. The Balaban J connectivity index is 0.000000303. The first-order valence-electron chi connectivity index (χ1n) is 6.20. The van der Waals surface area contributed by atoms with Gasteiger partial charge in [0.2, 0.25) is 11.8 Å². The molecule has 0 aromatic heterocycles. The average Bonchev–Trinajstić information content (AvgIpc) is 2.43. The molecule has 1 aliphatic rings. The lowest BCUT2D eigenvalue weighted by atomic mass is 10.2. The molecular weight excluding hydrogens is 240 g/mol.